The molecule has 3 unspecified atom stereocenters. The highest BCUT2D eigenvalue weighted by atomic mass is 19.1. The molecule has 5 amide bonds. The summed E-state index contributed by atoms with van der Waals surface area (Å²) in [4.78, 5) is 132. The van der Waals surface area contributed by atoms with Crippen molar-refractivity contribution in [1.82, 2.24) is 75.5 Å². The number of rotatable bonds is 24. The maximum absolute atomic E-state index is 14.5. The predicted octanol–water partition coefficient (Wildman–Crippen LogP) is 14.1. The lowest BCUT2D eigenvalue weighted by Crippen LogP contribution is -2.55. The minimum absolute atomic E-state index is 0.00750. The van der Waals surface area contributed by atoms with E-state index in [2.05, 4.69) is 51.0 Å². The maximum Gasteiger partial charge on any atom is 0.272 e. The summed E-state index contributed by atoms with van der Waals surface area (Å²) < 4.78 is 99.1. The first-order valence-electron chi connectivity index (χ1n) is 47.8. The van der Waals surface area contributed by atoms with Crippen LogP contribution in [0.2, 0.25) is 0 Å². The van der Waals surface area contributed by atoms with Gasteiger partial charge in [-0.1, -0.05) is 135 Å². The number of carbonyl (C=O) groups excluding carboxylic acids is 5. The lowest BCUT2D eigenvalue weighted by molar-refractivity contribution is -0.0422. The van der Waals surface area contributed by atoms with Crippen molar-refractivity contribution in [3.63, 3.8) is 0 Å². The average Bonchev–Trinajstić information content (AvgIpc) is 0.871. The Kier molecular flexibility index (Phi) is 33.2. The van der Waals surface area contributed by atoms with Crippen molar-refractivity contribution < 1.29 is 69.6 Å². The van der Waals surface area contributed by atoms with Crippen molar-refractivity contribution in [2.24, 2.45) is 0 Å². The lowest BCUT2D eigenvalue weighted by Gasteiger charge is -2.39. The van der Waals surface area contributed by atoms with E-state index in [1.54, 1.807) is 167 Å². The van der Waals surface area contributed by atoms with Crippen LogP contribution in [0.3, 0.4) is 0 Å². The second-order valence-electron chi connectivity index (χ2n) is 36.0. The Balaban J connectivity index is 0.000000129. The second-order valence-corrected chi connectivity index (χ2v) is 36.0. The normalized spacial score (nSPS) is 15.8. The number of amides is 5. The molecule has 3 atom stereocenters. The van der Waals surface area contributed by atoms with Crippen molar-refractivity contribution >= 4 is 83.4 Å². The summed E-state index contributed by atoms with van der Waals surface area (Å²) in [5, 5.41) is 39.8. The van der Waals surface area contributed by atoms with Crippen LogP contribution in [-0.4, -0.2) is 236 Å². The SMILES string of the molecule is CCCOC1CCN(C(=O)c2cc(Cc3n[nH]c(=O)c4ccccc34)ccc2F)C1.CCCOC1CN(C(=O)c2cc(Cc3n[nH]c(=O)c4ccccc34)ccc2F)C1.COC1CCCN(C(=O)c2cc(Cc3n[nH]c(=O)c4ccccc34)ccc2F)CC1.COC1CCN(C(=O)c2cc(Cc3n[nH]c(=O)c4ccccc34)ccc2F)C1.COC1CN(C(=O)c2cc(Cc3n[nH]c(=O)c4ccccc34)ccc2F)C1. The van der Waals surface area contributed by atoms with Crippen molar-refractivity contribution in [1.29, 1.82) is 0 Å². The molecule has 5 N–H and O–H groups in total. The van der Waals surface area contributed by atoms with Gasteiger partial charge in [-0.3, -0.25) is 47.9 Å². The summed E-state index contributed by atoms with van der Waals surface area (Å²) in [7, 11) is 4.89. The fraction of sp³-hybridized carbons (Fsp3) is 0.312. The standard InChI is InChI=1S/2C23H24FN3O3.C22H22FN3O3.C21H20FN3O3.C20H18FN3O3/c1-30-16-5-4-11-27(12-10-16)23(29)19-13-15(8-9-20(19)24)14-21-17-6-2-3-7-18(17)22(28)26-25-21;1-2-11-30-16-9-10-27(14-16)23(29)19-12-15(7-8-20(19)24)13-21-17-5-3-4-6-18(17)22(28)26-25-21;1-2-9-29-15-12-26(13-15)22(28)18-10-14(7-8-19(18)23)11-20-16-5-3-4-6-17(16)21(27)25-24-20;1-28-14-8-9-25(12-14)21(27)17-10-13(6-7-18(17)22)11-19-15-4-2-3-5-16(15)20(26)24-23-19;1-27-13-10-24(11-13)20(26)16-8-12(6-7-17(16)21)9-18-14-4-2-3-5-15(14)19(25)23-22-18/h2-3,6-9,13,16H,4-5,10-12,14H2,1H3,(H,26,28);3-8,12,16H,2,9-11,13-14H2,1H3,(H,26,28);3-8,10,15H,2,9,11-13H2,1H3,(H,25,27);2-7,10,14H,8-9,11-12H2,1H3,(H,24,26);2-8,13H,9-11H2,1H3,(H,23,25). The number of ether oxygens (including phenoxy) is 5. The first-order valence-corrected chi connectivity index (χ1v) is 47.8. The molecule has 20 rings (SSSR count). The molecule has 5 saturated heterocycles. The van der Waals surface area contributed by atoms with E-state index in [0.717, 1.165) is 99.7 Å². The number of likely N-dealkylation sites (tertiary alicyclic amines) is 5. The molecule has 144 heavy (non-hydrogen) atoms. The third-order valence-corrected chi connectivity index (χ3v) is 26.3. The second kappa shape index (κ2) is 47.1. The summed E-state index contributed by atoms with van der Waals surface area (Å²) in [6, 6.07) is 58.6. The average molecular weight is 1960 g/mol. The van der Waals surface area contributed by atoms with Crippen LogP contribution in [0, 0.1) is 29.1 Å². The minimum atomic E-state index is -0.552. The Morgan fingerprint density at radius 2 is 0.521 bits per heavy atom. The van der Waals surface area contributed by atoms with E-state index in [1.807, 2.05) is 74.5 Å². The highest BCUT2D eigenvalue weighted by Gasteiger charge is 2.37. The van der Waals surface area contributed by atoms with Gasteiger partial charge in [0.25, 0.3) is 57.3 Å². The van der Waals surface area contributed by atoms with Gasteiger partial charge in [-0.25, -0.2) is 47.4 Å². The molecule has 5 aliphatic rings. The predicted molar refractivity (Wildman–Crippen MR) is 533 cm³/mol. The fourth-order valence-corrected chi connectivity index (χ4v) is 18.3. The number of benzene rings is 10. The van der Waals surface area contributed by atoms with Crippen molar-refractivity contribution in [2.45, 2.75) is 121 Å². The van der Waals surface area contributed by atoms with Gasteiger partial charge in [0.15, 0.2) is 0 Å². The van der Waals surface area contributed by atoms with Crippen LogP contribution in [0.25, 0.3) is 53.9 Å². The molecule has 0 bridgehead atoms. The van der Waals surface area contributed by atoms with Crippen LogP contribution in [0.5, 0.6) is 0 Å². The van der Waals surface area contributed by atoms with E-state index in [0.29, 0.717) is 166 Å². The Morgan fingerprint density at radius 3 is 0.806 bits per heavy atom. The van der Waals surface area contributed by atoms with Gasteiger partial charge in [-0.15, -0.1) is 0 Å². The van der Waals surface area contributed by atoms with Crippen molar-refractivity contribution in [3.05, 3.63) is 377 Å². The molecule has 30 nitrogen and oxygen atoms in total. The zero-order valence-corrected chi connectivity index (χ0v) is 80.1. The van der Waals surface area contributed by atoms with E-state index in [1.165, 1.54) is 30.3 Å². The first kappa shape index (κ1) is 102. The van der Waals surface area contributed by atoms with Gasteiger partial charge in [-0.2, -0.15) is 25.5 Å². The van der Waals surface area contributed by atoms with Gasteiger partial charge in [0.2, 0.25) is 0 Å². The number of aromatic nitrogens is 10. The van der Waals surface area contributed by atoms with Crippen LogP contribution in [-0.2, 0) is 55.8 Å². The zero-order valence-electron chi connectivity index (χ0n) is 80.1. The fourth-order valence-electron chi connectivity index (χ4n) is 18.3. The van der Waals surface area contributed by atoms with Gasteiger partial charge in [-0.05, 0) is 164 Å². The van der Waals surface area contributed by atoms with Crippen LogP contribution < -0.4 is 27.8 Å². The van der Waals surface area contributed by atoms with Crippen LogP contribution in [0.4, 0.5) is 22.0 Å². The largest absolute Gasteiger partial charge is 0.381 e. The molecule has 0 radical (unpaired) electrons. The summed E-state index contributed by atoms with van der Waals surface area (Å²) in [5.74, 6) is -4.35. The number of halogens is 5. The number of H-pyrrole nitrogens is 5. The highest BCUT2D eigenvalue weighted by molar-refractivity contribution is 5.99. The molecule has 10 heterocycles. The quantitative estimate of drug-likeness (QED) is 0.0351. The Bertz CT molecular complexity index is 7580. The summed E-state index contributed by atoms with van der Waals surface area (Å²) in [6.07, 6.45) is 7.89. The molecule has 35 heteroatoms. The Morgan fingerprint density at radius 1 is 0.285 bits per heavy atom. The highest BCUT2D eigenvalue weighted by Crippen LogP contribution is 2.31. The number of nitrogens with one attached hydrogen (secondary N) is 5. The molecule has 0 spiro atoms. The van der Waals surface area contributed by atoms with E-state index in [-0.39, 0.29) is 116 Å². The molecule has 5 fully saturated rings. The molecular weight excluding hydrogens is 1850 g/mol. The van der Waals surface area contributed by atoms with Crippen molar-refractivity contribution in [2.75, 3.05) is 100.0 Å². The number of carbonyl (C=O) groups is 5. The van der Waals surface area contributed by atoms with Gasteiger partial charge in [0, 0.05) is 159 Å². The van der Waals surface area contributed by atoms with Gasteiger partial charge in [0.05, 0.1) is 114 Å². The van der Waals surface area contributed by atoms with Gasteiger partial charge in [0.1, 0.15) is 29.1 Å². The minimum Gasteiger partial charge on any atom is -0.381 e. The molecular formula is C109H108F5N15O15. The molecule has 744 valence electrons. The molecule has 15 aromatic rings. The lowest BCUT2D eigenvalue weighted by atomic mass is 10.0. The Labute approximate surface area is 822 Å². The summed E-state index contributed by atoms with van der Waals surface area (Å²) in [5.41, 5.74) is 6.08. The van der Waals surface area contributed by atoms with Gasteiger partial charge >= 0.3 is 0 Å². The van der Waals surface area contributed by atoms with Crippen molar-refractivity contribution in [3.8, 4) is 0 Å². The topological polar surface area (TPSA) is 376 Å². The van der Waals surface area contributed by atoms with Crippen LogP contribution in [0.15, 0.2) is 236 Å². The number of fused-ring (bicyclic) bond motifs is 5. The number of aromatic amines is 5. The molecule has 10 aromatic carbocycles. The van der Waals surface area contributed by atoms with Crippen LogP contribution >= 0.6 is 0 Å². The summed E-state index contributed by atoms with van der Waals surface area (Å²) >= 11 is 0. The molecule has 5 aromatic heterocycles. The smallest absolute Gasteiger partial charge is 0.272 e. The monoisotopic (exact) mass is 1960 g/mol. The third kappa shape index (κ3) is 24.0. The van der Waals surface area contributed by atoms with Gasteiger partial charge < -0.3 is 48.2 Å². The molecule has 5 aliphatic heterocycles. The first-order chi connectivity index (χ1) is 69.8. The van der Waals surface area contributed by atoms with Crippen LogP contribution in [0.1, 0.15) is 167 Å². The number of methoxy groups -OCH3 is 3. The summed E-state index contributed by atoms with van der Waals surface area (Å²) in [6.45, 7) is 10.5. The number of hydrogen-bond donors (Lipinski definition) is 5. The third-order valence-electron chi connectivity index (χ3n) is 26.3. The van der Waals surface area contributed by atoms with E-state index >= 15 is 0 Å². The number of hydrogen-bond acceptors (Lipinski definition) is 20. The van der Waals surface area contributed by atoms with E-state index in [4.69, 9.17) is 23.7 Å². The number of nitrogens with zero attached hydrogens (tertiary/aromatic N) is 10. The maximum atomic E-state index is 14.5. The molecule has 0 aliphatic carbocycles. The zero-order chi connectivity index (χ0) is 101. The van der Waals surface area contributed by atoms with E-state index < -0.39 is 29.1 Å². The van der Waals surface area contributed by atoms with E-state index in [9.17, 15) is 69.9 Å². The Hall–Kier alpha value is -15.3. The molecule has 0 saturated carbocycles.